The molecule has 0 aromatic heterocycles. The van der Waals surface area contributed by atoms with E-state index in [4.69, 9.17) is 9.47 Å². The van der Waals surface area contributed by atoms with E-state index in [1.807, 2.05) is 43.4 Å². The van der Waals surface area contributed by atoms with Gasteiger partial charge in [0.05, 0.1) is 22.4 Å². The van der Waals surface area contributed by atoms with Crippen molar-refractivity contribution in [1.29, 1.82) is 0 Å². The molecule has 24 heteroatoms. The van der Waals surface area contributed by atoms with Crippen molar-refractivity contribution in [2.45, 2.75) is 26.2 Å². The lowest BCUT2D eigenvalue weighted by Gasteiger charge is -2.20. The number of amides is 5. The molecule has 0 heterocycles. The second kappa shape index (κ2) is 29.9. The van der Waals surface area contributed by atoms with Crippen LogP contribution in [0.5, 0.6) is 34.5 Å². The summed E-state index contributed by atoms with van der Waals surface area (Å²) >= 11 is 0. The summed E-state index contributed by atoms with van der Waals surface area (Å²) in [6.07, 6.45) is -10.3. The molecule has 0 unspecified atom stereocenters. The Kier molecular flexibility index (Phi) is 21.2. The second-order valence-electron chi connectivity index (χ2n) is 21.3. The van der Waals surface area contributed by atoms with Gasteiger partial charge in [0.15, 0.2) is 11.6 Å². The second-order valence-corrected chi connectivity index (χ2v) is 21.3. The van der Waals surface area contributed by atoms with Gasteiger partial charge in [0.2, 0.25) is 0 Å². The number of Topliss-reactive ketones (excluding diaryl/α,β-unsaturated/α-hetero) is 2. The van der Waals surface area contributed by atoms with Crippen molar-refractivity contribution in [3.63, 3.8) is 0 Å². The highest BCUT2D eigenvalue weighted by Gasteiger charge is 2.39. The molecule has 0 fully saturated rings. The normalized spacial score (nSPS) is 10.9. The van der Waals surface area contributed by atoms with E-state index in [-0.39, 0.29) is 56.6 Å². The van der Waals surface area contributed by atoms with E-state index in [1.54, 1.807) is 61.6 Å². The number of carbonyl (C=O) groups is 7. The maximum absolute atomic E-state index is 14.4. The average molecular weight is 1320 g/mol. The van der Waals surface area contributed by atoms with Gasteiger partial charge in [-0.1, -0.05) is 42.5 Å². The zero-order chi connectivity index (χ0) is 69.7. The van der Waals surface area contributed by atoms with Gasteiger partial charge in [0, 0.05) is 81.6 Å². The van der Waals surface area contributed by atoms with Crippen molar-refractivity contribution in [3.8, 4) is 45.6 Å². The van der Waals surface area contributed by atoms with E-state index in [0.29, 0.717) is 63.3 Å². The first-order valence-electron chi connectivity index (χ1n) is 29.2. The van der Waals surface area contributed by atoms with Crippen LogP contribution >= 0.6 is 0 Å². The van der Waals surface area contributed by atoms with Crippen molar-refractivity contribution < 1.29 is 79.6 Å². The third kappa shape index (κ3) is 17.9. The van der Waals surface area contributed by atoms with Gasteiger partial charge in [-0.25, -0.2) is 0 Å². The van der Waals surface area contributed by atoms with Crippen LogP contribution in [0.15, 0.2) is 218 Å². The Hall–Kier alpha value is -12.7. The third-order valence-corrected chi connectivity index (χ3v) is 14.5. The van der Waals surface area contributed by atoms with Crippen molar-refractivity contribution >= 4 is 80.9 Å². The standard InChI is InChI=1S/C38H28F6N4O5.C35H29N3O6/c1-20(49)21-5-3-6-22(15-21)34(51)46-25-9-12-28(30(17-25)37(39,40)41)29-13-10-26(18-31(29)38(42,43)44)47-35(52)23-7-4-8-24(16-23)36(53)48-27-11-14-33(50)32(19-27)45-2;1-22(39)23-4-3-5-24(20-23)34(41)38-27-10-19-33(40)32(21-27)35(42)37-26-8-13-29(14-9-26)44-31-17-15-30(16-18-31)43-28-11-6-25(36-2)7-12-28/h3-19,45,50H,1-2H3,(H,46,51)(H,47,52)(H,48,53);3-21,36,40H,1-2H3,(H,37,42)(H,38,41). The summed E-state index contributed by atoms with van der Waals surface area (Å²) in [5, 5.41) is 38.6. The molecular formula is C73H57F6N7O11. The predicted octanol–water partition coefficient (Wildman–Crippen LogP) is 16.8. The van der Waals surface area contributed by atoms with Crippen molar-refractivity contribution in [2.75, 3.05) is 51.3 Å². The van der Waals surface area contributed by atoms with Gasteiger partial charge in [-0.15, -0.1) is 0 Å². The number of hydrogen-bond acceptors (Lipinski definition) is 13. The van der Waals surface area contributed by atoms with Gasteiger partial charge in [0.1, 0.15) is 34.5 Å². The molecule has 5 amide bonds. The molecule has 0 saturated carbocycles. The number of carbonyl (C=O) groups excluding carboxylic acids is 7. The fraction of sp³-hybridized carbons (Fsp3) is 0.0822. The lowest BCUT2D eigenvalue weighted by molar-refractivity contribution is -0.139. The summed E-state index contributed by atoms with van der Waals surface area (Å²) in [5.74, 6) is -1.68. The van der Waals surface area contributed by atoms with Crippen LogP contribution < -0.4 is 46.7 Å². The minimum atomic E-state index is -5.17. The summed E-state index contributed by atoms with van der Waals surface area (Å²) < 4.78 is 97.9. The van der Waals surface area contributed by atoms with Crippen molar-refractivity contribution in [1.82, 2.24) is 0 Å². The maximum atomic E-state index is 14.4. The molecule has 492 valence electrons. The topological polar surface area (TPSA) is 263 Å². The number of aromatic hydroxyl groups is 2. The first kappa shape index (κ1) is 68.6. The fourth-order valence-electron chi connectivity index (χ4n) is 9.51. The number of ketones is 2. The van der Waals surface area contributed by atoms with E-state index < -0.39 is 69.8 Å². The van der Waals surface area contributed by atoms with Crippen molar-refractivity contribution in [2.24, 2.45) is 0 Å². The monoisotopic (exact) mass is 1320 g/mol. The van der Waals surface area contributed by atoms with Crippen LogP contribution in [0.1, 0.15) is 97.5 Å². The van der Waals surface area contributed by atoms with Gasteiger partial charge >= 0.3 is 12.4 Å². The SMILES string of the molecule is CNc1cc(NC(=O)c2cccc(C(=O)Nc3ccc(-c4ccc(NC(=O)c5cccc(C(C)=O)c5)cc4C(F)(F)F)c(C(F)(F)F)c3)c2)ccc1O.CNc1ccc(Oc2ccc(Oc3ccc(NC(=O)c4cc(NC(=O)c5cccc(C(C)=O)c5)ccc4O)cc3)cc2)cc1. The Morgan fingerprint density at radius 1 is 0.330 bits per heavy atom. The first-order chi connectivity index (χ1) is 46.2. The van der Waals surface area contributed by atoms with Crippen LogP contribution in [-0.2, 0) is 12.4 Å². The summed E-state index contributed by atoms with van der Waals surface area (Å²) in [6, 6.07) is 51.6. The molecule has 97 heavy (non-hydrogen) atoms. The quantitative estimate of drug-likeness (QED) is 0.0158. The molecule has 0 saturated heterocycles. The van der Waals surface area contributed by atoms with Gasteiger partial charge < -0.3 is 56.9 Å². The van der Waals surface area contributed by atoms with Crippen LogP contribution in [0.2, 0.25) is 0 Å². The molecule has 0 radical (unpaired) electrons. The summed E-state index contributed by atoms with van der Waals surface area (Å²) in [5.41, 5.74) is -2.22. The molecule has 9 N–H and O–H groups in total. The van der Waals surface area contributed by atoms with Gasteiger partial charge in [-0.05, 0) is 201 Å². The highest BCUT2D eigenvalue weighted by molar-refractivity contribution is 6.11. The summed E-state index contributed by atoms with van der Waals surface area (Å²) in [7, 11) is 3.42. The number of nitrogens with one attached hydrogen (secondary N) is 7. The number of benzene rings is 10. The molecule has 0 aliphatic carbocycles. The number of anilines is 7. The Bertz CT molecular complexity index is 4640. The van der Waals surface area contributed by atoms with E-state index in [0.717, 1.165) is 35.7 Å². The molecule has 0 bridgehead atoms. The van der Waals surface area contributed by atoms with Crippen LogP contribution in [0.25, 0.3) is 11.1 Å². The van der Waals surface area contributed by atoms with E-state index in [9.17, 15) is 70.1 Å². The number of phenolic OH excluding ortho intramolecular Hbond substituents is 2. The minimum Gasteiger partial charge on any atom is -0.507 e. The average Bonchev–Trinajstić information content (AvgIpc) is 0.775. The number of halogens is 6. The Balaban J connectivity index is 0.000000231. The number of hydrogen-bond donors (Lipinski definition) is 9. The Morgan fingerprint density at radius 3 is 1.01 bits per heavy atom. The number of rotatable bonds is 19. The summed E-state index contributed by atoms with van der Waals surface area (Å²) in [4.78, 5) is 87.7. The van der Waals surface area contributed by atoms with Crippen LogP contribution in [-0.4, -0.2) is 65.4 Å². The molecule has 0 atom stereocenters. The maximum Gasteiger partial charge on any atom is 0.417 e. The van der Waals surface area contributed by atoms with E-state index >= 15 is 0 Å². The lowest BCUT2D eigenvalue weighted by Crippen LogP contribution is -2.17. The number of ether oxygens (including phenoxy) is 2. The Labute approximate surface area is 549 Å². The molecule has 0 spiro atoms. The molecule has 10 aromatic carbocycles. The minimum absolute atomic E-state index is 0.0203. The largest absolute Gasteiger partial charge is 0.507 e. The zero-order valence-corrected chi connectivity index (χ0v) is 51.6. The lowest BCUT2D eigenvalue weighted by atomic mass is 9.93. The molecule has 10 aromatic rings. The Morgan fingerprint density at radius 2 is 0.639 bits per heavy atom. The molecule has 10 rings (SSSR count). The van der Waals surface area contributed by atoms with Gasteiger partial charge in [-0.3, -0.25) is 33.6 Å². The number of alkyl halides is 6. The van der Waals surface area contributed by atoms with Gasteiger partial charge in [-0.2, -0.15) is 26.3 Å². The smallest absolute Gasteiger partial charge is 0.417 e. The first-order valence-corrected chi connectivity index (χ1v) is 29.2. The molecule has 0 aliphatic heterocycles. The van der Waals surface area contributed by atoms with Gasteiger partial charge in [0.25, 0.3) is 29.5 Å². The van der Waals surface area contributed by atoms with Crippen LogP contribution in [0.4, 0.5) is 66.2 Å². The summed E-state index contributed by atoms with van der Waals surface area (Å²) in [6.45, 7) is 2.69. The molecule has 18 nitrogen and oxygen atoms in total. The fourth-order valence-corrected chi connectivity index (χ4v) is 9.51. The molecule has 0 aliphatic rings. The number of phenols is 2. The predicted molar refractivity (Wildman–Crippen MR) is 356 cm³/mol. The van der Waals surface area contributed by atoms with Crippen LogP contribution in [0, 0.1) is 0 Å². The van der Waals surface area contributed by atoms with Crippen molar-refractivity contribution in [3.05, 3.63) is 268 Å². The third-order valence-electron chi connectivity index (χ3n) is 14.5. The van der Waals surface area contributed by atoms with E-state index in [1.165, 1.54) is 105 Å². The molecular weight excluding hydrogens is 1260 g/mol. The zero-order valence-electron chi connectivity index (χ0n) is 51.6. The van der Waals surface area contributed by atoms with Crippen LogP contribution in [0.3, 0.4) is 0 Å². The van der Waals surface area contributed by atoms with E-state index in [2.05, 4.69) is 37.2 Å². The highest BCUT2D eigenvalue weighted by Crippen LogP contribution is 2.45. The highest BCUT2D eigenvalue weighted by atomic mass is 19.4.